The highest BCUT2D eigenvalue weighted by Crippen LogP contribution is 2.23. The van der Waals surface area contributed by atoms with E-state index in [2.05, 4.69) is 5.32 Å². The summed E-state index contributed by atoms with van der Waals surface area (Å²) in [7, 11) is 0. The van der Waals surface area contributed by atoms with E-state index >= 15 is 0 Å². The van der Waals surface area contributed by atoms with Gasteiger partial charge < -0.3 is 20.1 Å². The average molecular weight is 597 g/mol. The highest BCUT2D eigenvalue weighted by Gasteiger charge is 2.22. The second-order valence-electron chi connectivity index (χ2n) is 10.9. The maximum Gasteiger partial charge on any atom is 0.326 e. The number of carboxylic acids is 1. The number of ether oxygens (including phenoxy) is 1. The molecule has 1 atom stereocenters. The van der Waals surface area contributed by atoms with Gasteiger partial charge in [0.05, 0.1) is 12.3 Å². The summed E-state index contributed by atoms with van der Waals surface area (Å²) in [5, 5.41) is 13.0. The number of anilines is 2. The summed E-state index contributed by atoms with van der Waals surface area (Å²) >= 11 is 0. The molecule has 7 nitrogen and oxygen atoms in total. The van der Waals surface area contributed by atoms with Gasteiger partial charge in [-0.25, -0.2) is 9.18 Å². The van der Waals surface area contributed by atoms with Crippen molar-refractivity contribution in [2.75, 3.05) is 23.4 Å². The van der Waals surface area contributed by atoms with Crippen molar-refractivity contribution in [2.45, 2.75) is 39.2 Å². The van der Waals surface area contributed by atoms with Gasteiger partial charge >= 0.3 is 5.97 Å². The Hall–Kier alpha value is -4.98. The van der Waals surface area contributed by atoms with E-state index in [0.29, 0.717) is 48.6 Å². The largest absolute Gasteiger partial charge is 0.494 e. The first-order valence-corrected chi connectivity index (χ1v) is 14.7. The highest BCUT2D eigenvalue weighted by atomic mass is 19.1. The van der Waals surface area contributed by atoms with E-state index in [0.717, 1.165) is 5.56 Å². The highest BCUT2D eigenvalue weighted by molar-refractivity contribution is 6.12. The predicted octanol–water partition coefficient (Wildman–Crippen LogP) is 7.01. The first-order chi connectivity index (χ1) is 21.2. The second-order valence-corrected chi connectivity index (χ2v) is 10.9. The Morgan fingerprint density at radius 2 is 1.52 bits per heavy atom. The maximum atomic E-state index is 14.5. The normalized spacial score (nSPS) is 11.5. The Balaban J connectivity index is 1.35. The molecule has 0 aliphatic heterocycles. The summed E-state index contributed by atoms with van der Waals surface area (Å²) in [5.41, 5.74) is 2.40. The van der Waals surface area contributed by atoms with Crippen molar-refractivity contribution in [3.63, 3.8) is 0 Å². The van der Waals surface area contributed by atoms with Gasteiger partial charge in [-0.3, -0.25) is 9.59 Å². The summed E-state index contributed by atoms with van der Waals surface area (Å²) < 4.78 is 20.3. The summed E-state index contributed by atoms with van der Waals surface area (Å²) in [5.74, 6) is -1.07. The smallest absolute Gasteiger partial charge is 0.326 e. The molecule has 0 saturated carbocycles. The zero-order chi connectivity index (χ0) is 31.5. The van der Waals surface area contributed by atoms with E-state index < -0.39 is 17.8 Å². The van der Waals surface area contributed by atoms with Gasteiger partial charge in [-0.1, -0.05) is 80.6 Å². The lowest BCUT2D eigenvalue weighted by atomic mass is 10.00. The predicted molar refractivity (Wildman–Crippen MR) is 170 cm³/mol. The van der Waals surface area contributed by atoms with Crippen molar-refractivity contribution in [3.05, 3.63) is 126 Å². The fourth-order valence-electron chi connectivity index (χ4n) is 4.82. The van der Waals surface area contributed by atoms with Crippen LogP contribution in [-0.2, 0) is 16.0 Å². The number of aliphatic carboxylic acids is 1. The topological polar surface area (TPSA) is 95.9 Å². The van der Waals surface area contributed by atoms with Crippen LogP contribution in [0.1, 0.15) is 48.2 Å². The van der Waals surface area contributed by atoms with Crippen LogP contribution in [0.3, 0.4) is 0 Å². The fourth-order valence-corrected chi connectivity index (χ4v) is 4.82. The molecule has 4 aromatic rings. The average Bonchev–Trinajstić information content (AvgIpc) is 3.02. The third-order valence-corrected chi connectivity index (χ3v) is 7.02. The Bertz CT molecular complexity index is 1560. The quantitative estimate of drug-likeness (QED) is 0.113. The Labute approximate surface area is 257 Å². The number of para-hydroxylation sites is 2. The van der Waals surface area contributed by atoms with Crippen LogP contribution in [0.4, 0.5) is 15.8 Å². The number of benzene rings is 4. The molecule has 228 valence electrons. The molecule has 4 rings (SSSR count). The summed E-state index contributed by atoms with van der Waals surface area (Å²) in [6.07, 6.45) is 0.989. The van der Waals surface area contributed by atoms with E-state index in [1.54, 1.807) is 91.0 Å². The molecule has 2 N–H and O–H groups in total. The van der Waals surface area contributed by atoms with Crippen molar-refractivity contribution >= 4 is 29.0 Å². The van der Waals surface area contributed by atoms with Gasteiger partial charge in [0, 0.05) is 36.2 Å². The van der Waals surface area contributed by atoms with Crippen LogP contribution in [-0.4, -0.2) is 42.0 Å². The summed E-state index contributed by atoms with van der Waals surface area (Å²) in [4.78, 5) is 39.6. The number of carbonyl (C=O) groups is 3. The lowest BCUT2D eigenvalue weighted by Gasteiger charge is -2.24. The number of nitrogens with one attached hydrogen (secondary N) is 1. The van der Waals surface area contributed by atoms with Gasteiger partial charge in [0.2, 0.25) is 5.91 Å². The number of nitrogens with zero attached hydrogens (tertiary/aromatic N) is 1. The van der Waals surface area contributed by atoms with Crippen molar-refractivity contribution in [1.82, 2.24) is 0 Å². The number of halogens is 1. The molecule has 0 saturated heterocycles. The van der Waals surface area contributed by atoms with Crippen LogP contribution in [0.25, 0.3) is 0 Å². The maximum absolute atomic E-state index is 14.5. The van der Waals surface area contributed by atoms with Gasteiger partial charge in [0.1, 0.15) is 17.6 Å². The standard InChI is InChI=1S/C36H37FN2O5/c1-25(2)23-34(40)39(33-16-9-7-14-30(33)37)21-10-22-44-28-19-17-26(18-20-28)24-32(36(42)43)38-31-15-8-6-13-29(31)35(41)27-11-4-3-5-12-27/h3-9,11-20,25,32,38H,10,21-24H2,1-2H3,(H,42,43)/t32-/m0/s1. The van der Waals surface area contributed by atoms with Crippen LogP contribution >= 0.6 is 0 Å². The first-order valence-electron chi connectivity index (χ1n) is 14.7. The van der Waals surface area contributed by atoms with E-state index in [-0.39, 0.29) is 29.7 Å². The molecule has 0 heterocycles. The number of carbonyl (C=O) groups excluding carboxylic acids is 2. The molecule has 4 aromatic carbocycles. The minimum atomic E-state index is -1.04. The SMILES string of the molecule is CC(C)CC(=O)N(CCCOc1ccc(C[C@H](Nc2ccccc2C(=O)c2ccccc2)C(=O)O)cc1)c1ccccc1F. The molecule has 0 radical (unpaired) electrons. The van der Waals surface area contributed by atoms with Crippen LogP contribution in [0.15, 0.2) is 103 Å². The molecule has 44 heavy (non-hydrogen) atoms. The monoisotopic (exact) mass is 596 g/mol. The molecule has 0 fully saturated rings. The molecule has 8 heteroatoms. The second kappa shape index (κ2) is 15.5. The number of ketones is 1. The number of carboxylic acid groups (broad SMARTS) is 1. The van der Waals surface area contributed by atoms with Gasteiger partial charge in [-0.15, -0.1) is 0 Å². The molecule has 1 amide bonds. The zero-order valence-corrected chi connectivity index (χ0v) is 24.9. The first kappa shape index (κ1) is 31.9. The molecule has 0 aliphatic carbocycles. The molecule has 0 spiro atoms. The van der Waals surface area contributed by atoms with Gasteiger partial charge in [-0.2, -0.15) is 0 Å². The molecule has 0 unspecified atom stereocenters. The van der Waals surface area contributed by atoms with Crippen LogP contribution in [0.5, 0.6) is 5.75 Å². The van der Waals surface area contributed by atoms with E-state index in [9.17, 15) is 23.9 Å². The molecular weight excluding hydrogens is 559 g/mol. The fraction of sp³-hybridized carbons (Fsp3) is 0.250. The Morgan fingerprint density at radius 1 is 0.864 bits per heavy atom. The lowest BCUT2D eigenvalue weighted by Crippen LogP contribution is -2.34. The van der Waals surface area contributed by atoms with Gasteiger partial charge in [-0.05, 0) is 54.3 Å². The van der Waals surface area contributed by atoms with Crippen molar-refractivity contribution < 1.29 is 28.6 Å². The molecule has 0 aromatic heterocycles. The summed E-state index contributed by atoms with van der Waals surface area (Å²) in [6.45, 7) is 4.52. The number of hydrogen-bond acceptors (Lipinski definition) is 5. The molecule has 0 aliphatic rings. The van der Waals surface area contributed by atoms with E-state index in [4.69, 9.17) is 4.74 Å². The Kier molecular flexibility index (Phi) is 11.2. The van der Waals surface area contributed by atoms with E-state index in [1.165, 1.54) is 11.0 Å². The number of hydrogen-bond donors (Lipinski definition) is 2. The van der Waals surface area contributed by atoms with Crippen molar-refractivity contribution in [3.8, 4) is 5.75 Å². The van der Waals surface area contributed by atoms with Crippen LogP contribution in [0, 0.1) is 11.7 Å². The minimum absolute atomic E-state index is 0.136. The van der Waals surface area contributed by atoms with Gasteiger partial charge in [0.15, 0.2) is 5.78 Å². The van der Waals surface area contributed by atoms with E-state index in [1.807, 2.05) is 19.9 Å². The van der Waals surface area contributed by atoms with Gasteiger partial charge in [0.25, 0.3) is 0 Å². The number of amides is 1. The molecular formula is C36H37FN2O5. The van der Waals surface area contributed by atoms with Crippen molar-refractivity contribution in [1.29, 1.82) is 0 Å². The summed E-state index contributed by atoms with van der Waals surface area (Å²) in [6, 6.07) is 28.1. The van der Waals surface area contributed by atoms with Crippen LogP contribution < -0.4 is 15.0 Å². The minimum Gasteiger partial charge on any atom is -0.494 e. The van der Waals surface area contributed by atoms with Crippen molar-refractivity contribution in [2.24, 2.45) is 5.92 Å². The van der Waals surface area contributed by atoms with Crippen LogP contribution in [0.2, 0.25) is 0 Å². The Morgan fingerprint density at radius 3 is 2.20 bits per heavy atom. The number of rotatable bonds is 15. The third-order valence-electron chi connectivity index (χ3n) is 7.02. The lowest BCUT2D eigenvalue weighted by molar-refractivity contribution is -0.137. The third kappa shape index (κ3) is 8.77. The zero-order valence-electron chi connectivity index (χ0n) is 24.9. The molecule has 0 bridgehead atoms.